The molecule has 0 aliphatic carbocycles. The number of thiophene rings is 1. The van der Waals surface area contributed by atoms with Gasteiger partial charge in [-0.3, -0.25) is 0 Å². The van der Waals surface area contributed by atoms with Gasteiger partial charge >= 0.3 is 0 Å². The van der Waals surface area contributed by atoms with Gasteiger partial charge in [0.1, 0.15) is 0 Å². The fourth-order valence-electron chi connectivity index (χ4n) is 1.90. The lowest BCUT2D eigenvalue weighted by Crippen LogP contribution is -2.00. The maximum Gasteiger partial charge on any atom is 0.163 e. The highest BCUT2D eigenvalue weighted by atomic mass is 32.1. The maximum atomic E-state index is 6.13. The van der Waals surface area contributed by atoms with E-state index < -0.39 is 0 Å². The molecule has 0 fully saturated rings. The third-order valence-electron chi connectivity index (χ3n) is 2.72. The summed E-state index contributed by atoms with van der Waals surface area (Å²) in [5.74, 6) is 1.46. The van der Waals surface area contributed by atoms with Crippen molar-refractivity contribution < 1.29 is 9.47 Å². The Bertz CT molecular complexity index is 563. The number of hydrogen-bond acceptors (Lipinski definition) is 4. The lowest BCUT2D eigenvalue weighted by atomic mass is 10.1. The molecular formula is C15H19NO2S. The lowest BCUT2D eigenvalue weighted by molar-refractivity contribution is 0.288. The van der Waals surface area contributed by atoms with Crippen LogP contribution in [0.2, 0.25) is 0 Å². The number of ether oxygens (including phenoxy) is 2. The van der Waals surface area contributed by atoms with Gasteiger partial charge in [-0.05, 0) is 39.0 Å². The Labute approximate surface area is 118 Å². The first kappa shape index (κ1) is 13.7. The van der Waals surface area contributed by atoms with E-state index in [1.807, 2.05) is 26.0 Å². The van der Waals surface area contributed by atoms with Crippen LogP contribution in [0.3, 0.4) is 0 Å². The monoisotopic (exact) mass is 277 g/mol. The minimum atomic E-state index is 0.594. The van der Waals surface area contributed by atoms with Gasteiger partial charge < -0.3 is 15.2 Å². The van der Waals surface area contributed by atoms with E-state index in [1.54, 1.807) is 11.3 Å². The standard InChI is InChI=1S/C15H19NO2S/c1-4-17-13-8-11(15-7-6-10(3)19-15)12(16)9-14(13)18-5-2/h6-9H,4-5,16H2,1-3H3. The molecule has 0 spiro atoms. The van der Waals surface area contributed by atoms with E-state index >= 15 is 0 Å². The fourth-order valence-corrected chi connectivity index (χ4v) is 2.81. The number of benzene rings is 1. The van der Waals surface area contributed by atoms with Gasteiger partial charge in [0.05, 0.1) is 13.2 Å². The Hall–Kier alpha value is -1.68. The van der Waals surface area contributed by atoms with Gasteiger partial charge in [0, 0.05) is 27.1 Å². The van der Waals surface area contributed by atoms with Gasteiger partial charge in [-0.15, -0.1) is 11.3 Å². The minimum Gasteiger partial charge on any atom is -0.490 e. The van der Waals surface area contributed by atoms with Crippen molar-refractivity contribution in [1.29, 1.82) is 0 Å². The smallest absolute Gasteiger partial charge is 0.163 e. The van der Waals surface area contributed by atoms with Gasteiger partial charge in [-0.25, -0.2) is 0 Å². The first-order valence-electron chi connectivity index (χ1n) is 6.41. The van der Waals surface area contributed by atoms with Gasteiger partial charge in [0.25, 0.3) is 0 Å². The molecule has 0 atom stereocenters. The predicted molar refractivity (Wildman–Crippen MR) is 81.2 cm³/mol. The molecule has 0 aliphatic rings. The molecule has 0 aliphatic heterocycles. The second-order valence-corrected chi connectivity index (χ2v) is 5.45. The van der Waals surface area contributed by atoms with E-state index in [1.165, 1.54) is 4.88 Å². The molecular weight excluding hydrogens is 258 g/mol. The number of rotatable bonds is 5. The molecule has 1 aromatic heterocycles. The summed E-state index contributed by atoms with van der Waals surface area (Å²) in [6.45, 7) is 7.19. The van der Waals surface area contributed by atoms with Crippen molar-refractivity contribution in [1.82, 2.24) is 0 Å². The fraction of sp³-hybridized carbons (Fsp3) is 0.333. The number of nitrogen functional groups attached to an aromatic ring is 1. The molecule has 2 aromatic rings. The van der Waals surface area contributed by atoms with Crippen molar-refractivity contribution in [2.24, 2.45) is 0 Å². The third kappa shape index (κ3) is 3.01. The molecule has 0 radical (unpaired) electrons. The zero-order valence-electron chi connectivity index (χ0n) is 11.5. The Morgan fingerprint density at radius 2 is 1.68 bits per heavy atom. The second kappa shape index (κ2) is 5.97. The second-order valence-electron chi connectivity index (χ2n) is 4.16. The quantitative estimate of drug-likeness (QED) is 0.837. The summed E-state index contributed by atoms with van der Waals surface area (Å²) in [7, 11) is 0. The molecule has 1 heterocycles. The van der Waals surface area contributed by atoms with E-state index in [4.69, 9.17) is 15.2 Å². The van der Waals surface area contributed by atoms with Crippen LogP contribution >= 0.6 is 11.3 Å². The highest BCUT2D eigenvalue weighted by Gasteiger charge is 2.12. The minimum absolute atomic E-state index is 0.594. The van der Waals surface area contributed by atoms with Crippen LogP contribution in [-0.2, 0) is 0 Å². The third-order valence-corrected chi connectivity index (χ3v) is 3.76. The van der Waals surface area contributed by atoms with Crippen LogP contribution in [0.1, 0.15) is 18.7 Å². The molecule has 102 valence electrons. The van der Waals surface area contributed by atoms with Crippen LogP contribution in [0.5, 0.6) is 11.5 Å². The summed E-state index contributed by atoms with van der Waals surface area (Å²) in [5.41, 5.74) is 7.85. The van der Waals surface area contributed by atoms with Crippen molar-refractivity contribution in [3.8, 4) is 21.9 Å². The Kier molecular flexibility index (Phi) is 4.32. The first-order chi connectivity index (χ1) is 9.15. The largest absolute Gasteiger partial charge is 0.490 e. The summed E-state index contributed by atoms with van der Waals surface area (Å²) in [4.78, 5) is 2.42. The molecule has 0 unspecified atom stereocenters. The Morgan fingerprint density at radius 1 is 1.05 bits per heavy atom. The zero-order valence-corrected chi connectivity index (χ0v) is 12.3. The van der Waals surface area contributed by atoms with Crippen LogP contribution in [0, 0.1) is 6.92 Å². The van der Waals surface area contributed by atoms with Crippen LogP contribution in [0.25, 0.3) is 10.4 Å². The molecule has 2 N–H and O–H groups in total. The molecule has 0 saturated heterocycles. The molecule has 1 aromatic carbocycles. The zero-order chi connectivity index (χ0) is 13.8. The van der Waals surface area contributed by atoms with E-state index in [-0.39, 0.29) is 0 Å². The summed E-state index contributed by atoms with van der Waals surface area (Å²) in [6, 6.07) is 7.99. The molecule has 0 saturated carbocycles. The van der Waals surface area contributed by atoms with Gasteiger partial charge in [0.2, 0.25) is 0 Å². The summed E-state index contributed by atoms with van der Waals surface area (Å²) in [5, 5.41) is 0. The highest BCUT2D eigenvalue weighted by molar-refractivity contribution is 7.15. The number of aryl methyl sites for hydroxylation is 1. The maximum absolute atomic E-state index is 6.13. The van der Waals surface area contributed by atoms with Crippen LogP contribution in [-0.4, -0.2) is 13.2 Å². The number of nitrogens with two attached hydrogens (primary N) is 1. The normalized spacial score (nSPS) is 10.5. The summed E-state index contributed by atoms with van der Waals surface area (Å²) in [6.07, 6.45) is 0. The van der Waals surface area contributed by atoms with Gasteiger partial charge in [-0.1, -0.05) is 0 Å². The van der Waals surface area contributed by atoms with Crippen molar-refractivity contribution in [2.45, 2.75) is 20.8 Å². The number of anilines is 1. The van der Waals surface area contributed by atoms with E-state index in [0.717, 1.165) is 16.2 Å². The average Bonchev–Trinajstić information content (AvgIpc) is 2.79. The van der Waals surface area contributed by atoms with Crippen molar-refractivity contribution in [3.05, 3.63) is 29.1 Å². The molecule has 19 heavy (non-hydrogen) atoms. The summed E-state index contributed by atoms with van der Waals surface area (Å²) < 4.78 is 11.2. The Balaban J connectivity index is 2.47. The van der Waals surface area contributed by atoms with Gasteiger partial charge in [-0.2, -0.15) is 0 Å². The van der Waals surface area contributed by atoms with Crippen LogP contribution in [0.15, 0.2) is 24.3 Å². The molecule has 4 heteroatoms. The van der Waals surface area contributed by atoms with E-state index in [9.17, 15) is 0 Å². The predicted octanol–water partition coefficient (Wildman–Crippen LogP) is 4.10. The average molecular weight is 277 g/mol. The number of hydrogen-bond donors (Lipinski definition) is 1. The Morgan fingerprint density at radius 3 is 2.21 bits per heavy atom. The van der Waals surface area contributed by atoms with Crippen molar-refractivity contribution >= 4 is 17.0 Å². The SMILES string of the molecule is CCOc1cc(N)c(-c2ccc(C)s2)cc1OCC. The van der Waals surface area contributed by atoms with Gasteiger partial charge in [0.15, 0.2) is 11.5 Å². The van der Waals surface area contributed by atoms with Crippen molar-refractivity contribution in [3.63, 3.8) is 0 Å². The topological polar surface area (TPSA) is 44.5 Å². The van der Waals surface area contributed by atoms with Crippen LogP contribution < -0.4 is 15.2 Å². The summed E-state index contributed by atoms with van der Waals surface area (Å²) >= 11 is 1.72. The molecule has 0 amide bonds. The molecule has 3 nitrogen and oxygen atoms in total. The highest BCUT2D eigenvalue weighted by Crippen LogP contribution is 2.39. The van der Waals surface area contributed by atoms with E-state index in [0.29, 0.717) is 24.7 Å². The molecule has 2 rings (SSSR count). The van der Waals surface area contributed by atoms with Crippen LogP contribution in [0.4, 0.5) is 5.69 Å². The molecule has 0 bridgehead atoms. The first-order valence-corrected chi connectivity index (χ1v) is 7.23. The van der Waals surface area contributed by atoms with Crippen molar-refractivity contribution in [2.75, 3.05) is 18.9 Å². The van der Waals surface area contributed by atoms with E-state index in [2.05, 4.69) is 19.1 Å². The lowest BCUT2D eigenvalue weighted by Gasteiger charge is -2.14.